The van der Waals surface area contributed by atoms with Gasteiger partial charge in [-0.25, -0.2) is 22.0 Å². The Morgan fingerprint density at radius 3 is 1.65 bits per heavy atom. The molecule has 96 valence electrons. The fourth-order valence-corrected chi connectivity index (χ4v) is 1.24. The fraction of sp³-hybridized carbons (Fsp3) is 0.200. The van der Waals surface area contributed by atoms with Crippen LogP contribution in [0, 0.1) is 29.1 Å². The highest BCUT2D eigenvalue weighted by Gasteiger charge is 2.28. The minimum Gasteiger partial charge on any atom is -0.324 e. The molecule has 0 aromatic heterocycles. The van der Waals surface area contributed by atoms with Crippen LogP contribution in [0.15, 0.2) is 12.7 Å². The molecule has 0 saturated carbocycles. The molecule has 17 heavy (non-hydrogen) atoms. The highest BCUT2D eigenvalue weighted by atomic mass is 35.5. The first kappa shape index (κ1) is 15.9. The van der Waals surface area contributed by atoms with Crippen LogP contribution >= 0.6 is 12.4 Å². The Labute approximate surface area is 101 Å². The molecule has 0 radical (unpaired) electrons. The molecule has 0 fully saturated rings. The number of rotatable bonds is 3. The smallest absolute Gasteiger partial charge is 0.200 e. The molecule has 0 spiro atoms. The normalized spacial score (nSPS) is 11.9. The van der Waals surface area contributed by atoms with E-state index in [0.717, 1.165) is 0 Å². The largest absolute Gasteiger partial charge is 0.324 e. The third-order valence-corrected chi connectivity index (χ3v) is 2.04. The molecule has 0 saturated heterocycles. The van der Waals surface area contributed by atoms with Gasteiger partial charge in [-0.1, -0.05) is 6.08 Å². The van der Waals surface area contributed by atoms with Gasteiger partial charge in [-0.15, -0.1) is 19.0 Å². The summed E-state index contributed by atoms with van der Waals surface area (Å²) in [4.78, 5) is 0. The van der Waals surface area contributed by atoms with E-state index < -0.39 is 40.7 Å². The van der Waals surface area contributed by atoms with Crippen LogP contribution in [0.1, 0.15) is 18.0 Å². The Hall–Kier alpha value is -1.14. The molecule has 2 N–H and O–H groups in total. The molecule has 7 heteroatoms. The summed E-state index contributed by atoms with van der Waals surface area (Å²) in [6, 6.07) is -1.32. The van der Waals surface area contributed by atoms with Crippen molar-refractivity contribution >= 4 is 12.4 Å². The van der Waals surface area contributed by atoms with Gasteiger partial charge in [-0.3, -0.25) is 0 Å². The predicted octanol–water partition coefficient (Wildman–Crippen LogP) is 3.38. The zero-order valence-corrected chi connectivity index (χ0v) is 9.26. The van der Waals surface area contributed by atoms with E-state index in [9.17, 15) is 22.0 Å². The van der Waals surface area contributed by atoms with Crippen molar-refractivity contribution in [3.05, 3.63) is 47.3 Å². The van der Waals surface area contributed by atoms with E-state index in [1.165, 1.54) is 6.08 Å². The average Bonchev–Trinajstić information content (AvgIpc) is 2.24. The van der Waals surface area contributed by atoms with Gasteiger partial charge < -0.3 is 5.73 Å². The number of hydrogen-bond donors (Lipinski definition) is 1. The first-order valence-corrected chi connectivity index (χ1v) is 4.29. The van der Waals surface area contributed by atoms with Crippen LogP contribution < -0.4 is 5.73 Å². The lowest BCUT2D eigenvalue weighted by molar-refractivity contribution is 0.364. The van der Waals surface area contributed by atoms with Gasteiger partial charge in [0.25, 0.3) is 0 Å². The maximum absolute atomic E-state index is 13.1. The van der Waals surface area contributed by atoms with E-state index in [1.807, 2.05) is 0 Å². The third-order valence-electron chi connectivity index (χ3n) is 2.04. The standard InChI is InChI=1S/C10H8F5N.ClH/c1-2-3-4(16)5-6(11)8(13)10(15)9(14)7(5)12;/h2,4H,1,3,16H2;1H/t4-;/m0./s1. The predicted molar refractivity (Wildman–Crippen MR) is 55.2 cm³/mol. The Balaban J connectivity index is 0.00000256. The van der Waals surface area contributed by atoms with E-state index in [-0.39, 0.29) is 18.8 Å². The van der Waals surface area contributed by atoms with Gasteiger partial charge in [0.15, 0.2) is 23.3 Å². The van der Waals surface area contributed by atoms with Crippen molar-refractivity contribution in [2.45, 2.75) is 12.5 Å². The molecule has 1 aromatic rings. The fourth-order valence-electron chi connectivity index (χ4n) is 1.24. The van der Waals surface area contributed by atoms with Crippen molar-refractivity contribution in [3.63, 3.8) is 0 Å². The highest BCUT2D eigenvalue weighted by molar-refractivity contribution is 5.85. The summed E-state index contributed by atoms with van der Waals surface area (Å²) in [5, 5.41) is 0. The first-order valence-electron chi connectivity index (χ1n) is 4.29. The molecular weight excluding hydrogens is 265 g/mol. The molecule has 1 nitrogen and oxygen atoms in total. The van der Waals surface area contributed by atoms with Crippen molar-refractivity contribution in [2.24, 2.45) is 5.73 Å². The lowest BCUT2D eigenvalue weighted by Crippen LogP contribution is -2.17. The maximum atomic E-state index is 13.1. The molecule has 0 heterocycles. The second-order valence-electron chi connectivity index (χ2n) is 3.11. The van der Waals surface area contributed by atoms with Crippen LogP contribution in [-0.4, -0.2) is 0 Å². The number of hydrogen-bond acceptors (Lipinski definition) is 1. The van der Waals surface area contributed by atoms with E-state index in [2.05, 4.69) is 6.58 Å². The molecule has 1 atom stereocenters. The molecule has 0 aliphatic heterocycles. The number of nitrogens with two attached hydrogens (primary N) is 1. The number of halogens is 6. The van der Waals surface area contributed by atoms with Gasteiger partial charge >= 0.3 is 0 Å². The molecule has 1 rings (SSSR count). The van der Waals surface area contributed by atoms with E-state index in [1.54, 1.807) is 0 Å². The summed E-state index contributed by atoms with van der Waals surface area (Å²) in [5.41, 5.74) is 4.27. The van der Waals surface area contributed by atoms with Crippen molar-refractivity contribution in [3.8, 4) is 0 Å². The van der Waals surface area contributed by atoms with Gasteiger partial charge in [0.1, 0.15) is 0 Å². The van der Waals surface area contributed by atoms with Crippen LogP contribution in [0.25, 0.3) is 0 Å². The molecular formula is C10H9ClF5N. The molecule has 0 unspecified atom stereocenters. The molecule has 0 bridgehead atoms. The monoisotopic (exact) mass is 273 g/mol. The van der Waals surface area contributed by atoms with Gasteiger partial charge in [-0.05, 0) is 6.42 Å². The first-order chi connectivity index (χ1) is 7.41. The quantitative estimate of drug-likeness (QED) is 0.388. The molecule has 0 amide bonds. The van der Waals surface area contributed by atoms with Crippen molar-refractivity contribution in [1.82, 2.24) is 0 Å². The van der Waals surface area contributed by atoms with Crippen molar-refractivity contribution in [2.75, 3.05) is 0 Å². The summed E-state index contributed by atoms with van der Waals surface area (Å²) in [7, 11) is 0. The van der Waals surface area contributed by atoms with E-state index in [4.69, 9.17) is 5.73 Å². The van der Waals surface area contributed by atoms with Crippen LogP contribution in [0.3, 0.4) is 0 Å². The Morgan fingerprint density at radius 1 is 0.941 bits per heavy atom. The van der Waals surface area contributed by atoms with E-state index >= 15 is 0 Å². The van der Waals surface area contributed by atoms with Gasteiger partial charge in [0, 0.05) is 11.6 Å². The Kier molecular flexibility index (Phi) is 5.57. The number of benzene rings is 1. The van der Waals surface area contributed by atoms with Crippen LogP contribution in [0.4, 0.5) is 22.0 Å². The highest BCUT2D eigenvalue weighted by Crippen LogP contribution is 2.28. The molecule has 0 aliphatic rings. The van der Waals surface area contributed by atoms with E-state index in [0.29, 0.717) is 0 Å². The van der Waals surface area contributed by atoms with Crippen molar-refractivity contribution in [1.29, 1.82) is 0 Å². The third kappa shape index (κ3) is 2.76. The maximum Gasteiger partial charge on any atom is 0.200 e. The van der Waals surface area contributed by atoms with Crippen LogP contribution in [-0.2, 0) is 0 Å². The Bertz CT molecular complexity index is 406. The zero-order valence-electron chi connectivity index (χ0n) is 8.44. The lowest BCUT2D eigenvalue weighted by atomic mass is 10.0. The van der Waals surface area contributed by atoms with Crippen LogP contribution in [0.5, 0.6) is 0 Å². The lowest BCUT2D eigenvalue weighted by Gasteiger charge is -2.13. The minimum atomic E-state index is -2.19. The summed E-state index contributed by atoms with van der Waals surface area (Å²) >= 11 is 0. The summed E-state index contributed by atoms with van der Waals surface area (Å²) in [5.74, 6) is -9.97. The van der Waals surface area contributed by atoms with Gasteiger partial charge in [0.05, 0.1) is 0 Å². The Morgan fingerprint density at radius 2 is 1.29 bits per heavy atom. The molecule has 1 aromatic carbocycles. The minimum absolute atomic E-state index is 0. The molecule has 0 aliphatic carbocycles. The summed E-state index contributed by atoms with van der Waals surface area (Å²) in [6.45, 7) is 3.26. The van der Waals surface area contributed by atoms with Crippen LogP contribution in [0.2, 0.25) is 0 Å². The SMILES string of the molecule is C=CC[C@H](N)c1c(F)c(F)c(F)c(F)c1F.Cl. The topological polar surface area (TPSA) is 26.0 Å². The van der Waals surface area contributed by atoms with Gasteiger partial charge in [-0.2, -0.15) is 0 Å². The second-order valence-corrected chi connectivity index (χ2v) is 3.11. The average molecular weight is 274 g/mol. The summed E-state index contributed by atoms with van der Waals surface area (Å²) < 4.78 is 64.5. The summed E-state index contributed by atoms with van der Waals surface area (Å²) in [6.07, 6.45) is 1.13. The van der Waals surface area contributed by atoms with Crippen molar-refractivity contribution < 1.29 is 22.0 Å². The second kappa shape index (κ2) is 5.97. The zero-order chi connectivity index (χ0) is 12.5. The van der Waals surface area contributed by atoms with Gasteiger partial charge in [0.2, 0.25) is 5.82 Å².